The van der Waals surface area contributed by atoms with E-state index in [1.807, 2.05) is 0 Å². The third kappa shape index (κ3) is 4.14. The quantitative estimate of drug-likeness (QED) is 0.799. The Bertz CT molecular complexity index is 1020. The van der Waals surface area contributed by atoms with Crippen molar-refractivity contribution in [2.45, 2.75) is 9.79 Å². The second-order valence-corrected chi connectivity index (χ2v) is 9.76. The van der Waals surface area contributed by atoms with Gasteiger partial charge in [-0.1, -0.05) is 6.07 Å². The largest absolute Gasteiger partial charge is 0.376 e. The van der Waals surface area contributed by atoms with Crippen LogP contribution < -0.4 is 9.62 Å². The van der Waals surface area contributed by atoms with Crippen molar-refractivity contribution in [3.05, 3.63) is 48.3 Å². The number of hydrogen-bond donors (Lipinski definition) is 1. The van der Waals surface area contributed by atoms with Crippen molar-refractivity contribution < 1.29 is 21.2 Å². The van der Waals surface area contributed by atoms with Gasteiger partial charge in [0, 0.05) is 28.2 Å². The Balaban J connectivity index is 2.56. The van der Waals surface area contributed by atoms with E-state index in [0.717, 1.165) is 16.4 Å². The molecule has 7 nitrogen and oxygen atoms in total. The van der Waals surface area contributed by atoms with Crippen molar-refractivity contribution in [3.8, 4) is 0 Å². The van der Waals surface area contributed by atoms with E-state index in [9.17, 15) is 21.2 Å². The summed E-state index contributed by atoms with van der Waals surface area (Å²) in [6.07, 6.45) is 0. The summed E-state index contributed by atoms with van der Waals surface area (Å²) in [4.78, 5) is 1.31. The molecule has 0 aliphatic heterocycles. The molecule has 0 amide bonds. The predicted molar refractivity (Wildman–Crippen MR) is 98.9 cm³/mol. The lowest BCUT2D eigenvalue weighted by Crippen LogP contribution is -2.23. The van der Waals surface area contributed by atoms with Gasteiger partial charge >= 0.3 is 0 Å². The van der Waals surface area contributed by atoms with Crippen LogP contribution in [0.5, 0.6) is 0 Å². The van der Waals surface area contributed by atoms with Gasteiger partial charge in [0.15, 0.2) is 0 Å². The first kappa shape index (κ1) is 20.1. The standard InChI is InChI=1S/C16H20FN3O4S2/c1-19(2)16-9-8-14(26(23,24)20(3)4)11-15(16)18-25(21,22)13-7-5-6-12(17)10-13/h5-11,18H,1-4H3. The van der Waals surface area contributed by atoms with Crippen LogP contribution >= 0.6 is 0 Å². The highest BCUT2D eigenvalue weighted by molar-refractivity contribution is 7.92. The van der Waals surface area contributed by atoms with Crippen molar-refractivity contribution >= 4 is 31.4 Å². The molecule has 10 heteroatoms. The minimum Gasteiger partial charge on any atom is -0.376 e. The van der Waals surface area contributed by atoms with E-state index in [1.54, 1.807) is 19.0 Å². The molecule has 0 aliphatic rings. The first-order chi connectivity index (χ1) is 11.9. The van der Waals surface area contributed by atoms with E-state index in [2.05, 4.69) is 4.72 Å². The van der Waals surface area contributed by atoms with E-state index in [1.165, 1.54) is 44.4 Å². The molecule has 0 fully saturated rings. The number of benzene rings is 2. The maximum absolute atomic E-state index is 13.4. The van der Waals surface area contributed by atoms with Crippen molar-refractivity contribution in [2.24, 2.45) is 0 Å². The van der Waals surface area contributed by atoms with Crippen molar-refractivity contribution in [2.75, 3.05) is 37.8 Å². The van der Waals surface area contributed by atoms with Gasteiger partial charge in [-0.15, -0.1) is 0 Å². The summed E-state index contributed by atoms with van der Waals surface area (Å²) in [5.74, 6) is -0.690. The van der Waals surface area contributed by atoms with Gasteiger partial charge < -0.3 is 4.90 Å². The molecule has 0 aliphatic carbocycles. The van der Waals surface area contributed by atoms with E-state index in [0.29, 0.717) is 5.69 Å². The number of halogens is 1. The molecule has 0 bridgehead atoms. The zero-order chi connectivity index (χ0) is 19.7. The summed E-state index contributed by atoms with van der Waals surface area (Å²) in [6.45, 7) is 0. The van der Waals surface area contributed by atoms with Crippen molar-refractivity contribution in [1.29, 1.82) is 0 Å². The molecule has 0 aromatic heterocycles. The van der Waals surface area contributed by atoms with Gasteiger partial charge in [0.25, 0.3) is 10.0 Å². The van der Waals surface area contributed by atoms with Crippen LogP contribution in [0.15, 0.2) is 52.3 Å². The summed E-state index contributed by atoms with van der Waals surface area (Å²) in [7, 11) is -1.71. The minimum atomic E-state index is -4.10. The van der Waals surface area contributed by atoms with Gasteiger partial charge in [0.2, 0.25) is 10.0 Å². The molecule has 0 saturated carbocycles. The van der Waals surface area contributed by atoms with Crippen LogP contribution in [-0.4, -0.2) is 49.3 Å². The number of sulfonamides is 2. The van der Waals surface area contributed by atoms with Gasteiger partial charge in [0.1, 0.15) is 5.82 Å². The second-order valence-electron chi connectivity index (χ2n) is 5.92. The summed E-state index contributed by atoms with van der Waals surface area (Å²) in [6, 6.07) is 8.68. The lowest BCUT2D eigenvalue weighted by molar-refractivity contribution is 0.521. The molecule has 1 N–H and O–H groups in total. The highest BCUT2D eigenvalue weighted by atomic mass is 32.2. The molecule has 0 radical (unpaired) electrons. The van der Waals surface area contributed by atoms with Crippen molar-refractivity contribution in [1.82, 2.24) is 4.31 Å². The molecule has 2 aromatic rings. The van der Waals surface area contributed by atoms with Crippen LogP contribution in [-0.2, 0) is 20.0 Å². The molecule has 0 spiro atoms. The van der Waals surface area contributed by atoms with Gasteiger partial charge in [0.05, 0.1) is 21.2 Å². The Kier molecular flexibility index (Phi) is 5.59. The summed E-state index contributed by atoms with van der Waals surface area (Å²) < 4.78 is 66.5. The van der Waals surface area contributed by atoms with Crippen LogP contribution in [0.3, 0.4) is 0 Å². The number of hydrogen-bond acceptors (Lipinski definition) is 5. The molecule has 2 rings (SSSR count). The first-order valence-corrected chi connectivity index (χ1v) is 10.4. The average molecular weight is 401 g/mol. The van der Waals surface area contributed by atoms with E-state index >= 15 is 0 Å². The van der Waals surface area contributed by atoms with E-state index < -0.39 is 25.9 Å². The Morgan fingerprint density at radius 2 is 1.54 bits per heavy atom. The topological polar surface area (TPSA) is 86.8 Å². The number of anilines is 2. The number of nitrogens with one attached hydrogen (secondary N) is 1. The number of rotatable bonds is 6. The van der Waals surface area contributed by atoms with Crippen molar-refractivity contribution in [3.63, 3.8) is 0 Å². The fraction of sp³-hybridized carbons (Fsp3) is 0.250. The molecule has 0 unspecified atom stereocenters. The maximum Gasteiger partial charge on any atom is 0.262 e. The molecular formula is C16H20FN3O4S2. The monoisotopic (exact) mass is 401 g/mol. The molecule has 2 aromatic carbocycles. The summed E-state index contributed by atoms with van der Waals surface area (Å²) in [5.41, 5.74) is 0.532. The van der Waals surface area contributed by atoms with Gasteiger partial charge in [-0.05, 0) is 36.4 Å². The predicted octanol–water partition coefficient (Wildman–Crippen LogP) is 1.94. The third-order valence-corrected chi connectivity index (χ3v) is 6.75. The molecule has 26 heavy (non-hydrogen) atoms. The fourth-order valence-electron chi connectivity index (χ4n) is 2.20. The van der Waals surface area contributed by atoms with Gasteiger partial charge in [-0.2, -0.15) is 0 Å². The Morgan fingerprint density at radius 1 is 0.885 bits per heavy atom. The van der Waals surface area contributed by atoms with Gasteiger partial charge in [-0.25, -0.2) is 25.5 Å². The highest BCUT2D eigenvalue weighted by Crippen LogP contribution is 2.30. The Morgan fingerprint density at radius 3 is 2.08 bits per heavy atom. The zero-order valence-corrected chi connectivity index (χ0v) is 16.4. The Labute approximate surface area is 153 Å². The zero-order valence-electron chi connectivity index (χ0n) is 14.8. The second kappa shape index (κ2) is 7.22. The van der Waals surface area contributed by atoms with E-state index in [-0.39, 0.29) is 15.5 Å². The third-order valence-electron chi connectivity index (χ3n) is 3.58. The first-order valence-electron chi connectivity index (χ1n) is 7.47. The fourth-order valence-corrected chi connectivity index (χ4v) is 4.22. The Hall–Kier alpha value is -2.17. The number of nitrogens with zero attached hydrogens (tertiary/aromatic N) is 2. The molecule has 0 heterocycles. The highest BCUT2D eigenvalue weighted by Gasteiger charge is 2.22. The van der Waals surface area contributed by atoms with Crippen LogP contribution in [0.2, 0.25) is 0 Å². The average Bonchev–Trinajstić information content (AvgIpc) is 2.54. The smallest absolute Gasteiger partial charge is 0.262 e. The lowest BCUT2D eigenvalue weighted by atomic mass is 10.2. The van der Waals surface area contributed by atoms with Crippen LogP contribution in [0.25, 0.3) is 0 Å². The normalized spacial score (nSPS) is 12.2. The lowest BCUT2D eigenvalue weighted by Gasteiger charge is -2.20. The summed E-state index contributed by atoms with van der Waals surface area (Å²) in [5, 5.41) is 0. The summed E-state index contributed by atoms with van der Waals surface area (Å²) >= 11 is 0. The van der Waals surface area contributed by atoms with Crippen LogP contribution in [0.4, 0.5) is 15.8 Å². The SMILES string of the molecule is CN(C)c1ccc(S(=O)(=O)N(C)C)cc1NS(=O)(=O)c1cccc(F)c1. The van der Waals surface area contributed by atoms with Crippen LogP contribution in [0.1, 0.15) is 0 Å². The molecular weight excluding hydrogens is 381 g/mol. The minimum absolute atomic E-state index is 0.0648. The molecule has 142 valence electrons. The maximum atomic E-state index is 13.4. The molecule has 0 atom stereocenters. The van der Waals surface area contributed by atoms with Crippen LogP contribution in [0, 0.1) is 5.82 Å². The van der Waals surface area contributed by atoms with E-state index in [4.69, 9.17) is 0 Å². The van der Waals surface area contributed by atoms with Gasteiger partial charge in [-0.3, -0.25) is 4.72 Å². The molecule has 0 saturated heterocycles.